The summed E-state index contributed by atoms with van der Waals surface area (Å²) in [6.07, 6.45) is 1.47. The van der Waals surface area contributed by atoms with Gasteiger partial charge in [0.1, 0.15) is 17.4 Å². The smallest absolute Gasteiger partial charge is 0.178 e. The van der Waals surface area contributed by atoms with Crippen molar-refractivity contribution in [3.05, 3.63) is 42.1 Å². The van der Waals surface area contributed by atoms with Gasteiger partial charge in [0.05, 0.1) is 16.2 Å². The zero-order chi connectivity index (χ0) is 16.6. The lowest BCUT2D eigenvalue weighted by Gasteiger charge is -2.09. The Hall–Kier alpha value is -2.72. The van der Waals surface area contributed by atoms with Crippen LogP contribution >= 0.6 is 0 Å². The molecule has 0 atom stereocenters. The first-order valence-electron chi connectivity index (χ1n) is 7.02. The number of hydrogen-bond acceptors (Lipinski definition) is 5. The Morgan fingerprint density at radius 1 is 1.30 bits per heavy atom. The second kappa shape index (κ2) is 5.48. The molecule has 0 saturated heterocycles. The van der Waals surface area contributed by atoms with E-state index in [2.05, 4.69) is 9.97 Å². The van der Waals surface area contributed by atoms with E-state index in [1.807, 2.05) is 6.07 Å². The van der Waals surface area contributed by atoms with Crippen molar-refractivity contribution in [3.8, 4) is 17.5 Å². The largest absolute Gasteiger partial charge is 0.312 e. The summed E-state index contributed by atoms with van der Waals surface area (Å²) in [5, 5.41) is 8.97. The predicted octanol–water partition coefficient (Wildman–Crippen LogP) is 2.30. The van der Waals surface area contributed by atoms with E-state index in [9.17, 15) is 8.42 Å². The third-order valence-electron chi connectivity index (χ3n) is 3.68. The van der Waals surface area contributed by atoms with Crippen molar-refractivity contribution in [2.45, 2.75) is 11.8 Å². The summed E-state index contributed by atoms with van der Waals surface area (Å²) in [6, 6.07) is 10.5. The van der Waals surface area contributed by atoms with Crippen molar-refractivity contribution in [1.29, 1.82) is 5.26 Å². The summed E-state index contributed by atoms with van der Waals surface area (Å²) in [6.45, 7) is 1.61. The number of benzene rings is 1. The van der Waals surface area contributed by atoms with E-state index >= 15 is 0 Å². The van der Waals surface area contributed by atoms with Crippen molar-refractivity contribution in [2.24, 2.45) is 7.05 Å². The minimum Gasteiger partial charge on any atom is -0.312 e. The summed E-state index contributed by atoms with van der Waals surface area (Å²) in [5.74, 6) is 0.528. The van der Waals surface area contributed by atoms with Gasteiger partial charge in [-0.05, 0) is 18.2 Å². The molecule has 0 amide bonds. The van der Waals surface area contributed by atoms with Gasteiger partial charge in [0.2, 0.25) is 0 Å². The Morgan fingerprint density at radius 2 is 2.04 bits per heavy atom. The quantitative estimate of drug-likeness (QED) is 0.737. The molecule has 0 spiro atoms. The van der Waals surface area contributed by atoms with Gasteiger partial charge >= 0.3 is 0 Å². The first kappa shape index (κ1) is 15.2. The van der Waals surface area contributed by atoms with Crippen molar-refractivity contribution in [2.75, 3.05) is 5.75 Å². The Morgan fingerprint density at radius 3 is 2.74 bits per heavy atom. The van der Waals surface area contributed by atoms with Crippen molar-refractivity contribution in [3.63, 3.8) is 0 Å². The number of fused-ring (bicyclic) bond motifs is 1. The number of aryl methyl sites for hydroxylation is 1. The lowest BCUT2D eigenvalue weighted by molar-refractivity contribution is 0.597. The van der Waals surface area contributed by atoms with Crippen LogP contribution in [-0.2, 0) is 16.9 Å². The molecule has 3 rings (SSSR count). The van der Waals surface area contributed by atoms with Crippen LogP contribution in [0.15, 0.2) is 41.4 Å². The molecule has 0 fully saturated rings. The maximum atomic E-state index is 12.3. The van der Waals surface area contributed by atoms with E-state index in [4.69, 9.17) is 5.26 Å². The fourth-order valence-electron chi connectivity index (χ4n) is 2.46. The molecule has 6 nitrogen and oxygen atoms in total. The molecule has 0 saturated carbocycles. The van der Waals surface area contributed by atoms with Gasteiger partial charge in [0, 0.05) is 18.8 Å². The number of rotatable bonds is 3. The highest BCUT2D eigenvalue weighted by atomic mass is 32.2. The Labute approximate surface area is 134 Å². The Bertz CT molecular complexity index is 1050. The van der Waals surface area contributed by atoms with E-state index in [-0.39, 0.29) is 10.6 Å². The van der Waals surface area contributed by atoms with Crippen LogP contribution in [0.1, 0.15) is 12.5 Å². The van der Waals surface area contributed by atoms with Gasteiger partial charge in [-0.1, -0.05) is 19.1 Å². The van der Waals surface area contributed by atoms with E-state index in [1.54, 1.807) is 48.9 Å². The number of sulfone groups is 1. The highest BCUT2D eigenvalue weighted by Crippen LogP contribution is 2.29. The molecular weight excluding hydrogens is 312 g/mol. The summed E-state index contributed by atoms with van der Waals surface area (Å²) in [7, 11) is -1.59. The maximum Gasteiger partial charge on any atom is 0.178 e. The minimum atomic E-state index is -3.37. The molecule has 23 heavy (non-hydrogen) atoms. The van der Waals surface area contributed by atoms with Crippen LogP contribution in [0.5, 0.6) is 0 Å². The topological polar surface area (TPSA) is 88.6 Å². The number of nitrogens with zero attached hydrogens (tertiary/aromatic N) is 4. The van der Waals surface area contributed by atoms with Crippen molar-refractivity contribution >= 4 is 21.0 Å². The summed E-state index contributed by atoms with van der Waals surface area (Å²) in [4.78, 5) is 8.97. The average Bonchev–Trinajstić information content (AvgIpc) is 2.91. The van der Waals surface area contributed by atoms with Gasteiger partial charge in [-0.25, -0.2) is 18.4 Å². The first-order chi connectivity index (χ1) is 11.0. The molecule has 0 radical (unpaired) electrons. The first-order valence-corrected chi connectivity index (χ1v) is 8.68. The zero-order valence-electron chi connectivity index (χ0n) is 12.7. The van der Waals surface area contributed by atoms with Crippen LogP contribution in [0.4, 0.5) is 0 Å². The fourth-order valence-corrected chi connectivity index (χ4v) is 3.55. The molecule has 3 aromatic rings. The molecule has 0 N–H and O–H groups in total. The molecule has 116 valence electrons. The van der Waals surface area contributed by atoms with Crippen LogP contribution in [0.2, 0.25) is 0 Å². The number of imidazole rings is 1. The Balaban J connectivity index is 2.31. The molecule has 0 aliphatic carbocycles. The molecular formula is C16H14N4O2S. The monoisotopic (exact) mass is 326 g/mol. The zero-order valence-corrected chi connectivity index (χ0v) is 13.5. The highest BCUT2D eigenvalue weighted by Gasteiger charge is 2.21. The van der Waals surface area contributed by atoms with Gasteiger partial charge in [0.15, 0.2) is 15.5 Å². The minimum absolute atomic E-state index is 0.0186. The molecule has 2 heterocycles. The van der Waals surface area contributed by atoms with E-state index in [0.29, 0.717) is 28.1 Å². The van der Waals surface area contributed by atoms with Gasteiger partial charge in [-0.2, -0.15) is 5.26 Å². The van der Waals surface area contributed by atoms with Crippen LogP contribution in [0, 0.1) is 11.3 Å². The average molecular weight is 326 g/mol. The van der Waals surface area contributed by atoms with E-state index < -0.39 is 9.84 Å². The molecule has 0 unspecified atom stereocenters. The summed E-state index contributed by atoms with van der Waals surface area (Å²) in [5.41, 5.74) is 2.11. The van der Waals surface area contributed by atoms with Crippen LogP contribution in [-0.4, -0.2) is 28.7 Å². The van der Waals surface area contributed by atoms with Gasteiger partial charge in [-0.3, -0.25) is 0 Å². The molecule has 0 aliphatic rings. The molecule has 0 aliphatic heterocycles. The van der Waals surface area contributed by atoms with Crippen LogP contribution in [0.3, 0.4) is 0 Å². The van der Waals surface area contributed by atoms with Crippen LogP contribution in [0.25, 0.3) is 22.6 Å². The standard InChI is InChI=1S/C16H14N4O2S/c1-3-23(21,22)14-7-5-4-6-12(14)15-19-13-8-11(9-17)10-18-16(13)20(15)2/h4-8,10H,3H2,1-2H3. The summed E-state index contributed by atoms with van der Waals surface area (Å²) >= 11 is 0. The lowest BCUT2D eigenvalue weighted by atomic mass is 10.2. The van der Waals surface area contributed by atoms with Crippen molar-refractivity contribution in [1.82, 2.24) is 14.5 Å². The molecule has 7 heteroatoms. The van der Waals surface area contributed by atoms with E-state index in [0.717, 1.165) is 0 Å². The number of hydrogen-bond donors (Lipinski definition) is 0. The van der Waals surface area contributed by atoms with Gasteiger partial charge in [-0.15, -0.1) is 0 Å². The van der Waals surface area contributed by atoms with Gasteiger partial charge in [0.25, 0.3) is 0 Å². The second-order valence-electron chi connectivity index (χ2n) is 5.07. The van der Waals surface area contributed by atoms with Crippen LogP contribution < -0.4 is 0 Å². The maximum absolute atomic E-state index is 12.3. The third kappa shape index (κ3) is 2.47. The normalized spacial score (nSPS) is 11.5. The Kier molecular flexibility index (Phi) is 3.62. The van der Waals surface area contributed by atoms with Gasteiger partial charge < -0.3 is 4.57 Å². The summed E-state index contributed by atoms with van der Waals surface area (Å²) < 4.78 is 26.4. The molecule has 0 bridgehead atoms. The SMILES string of the molecule is CCS(=O)(=O)c1ccccc1-c1nc2cc(C#N)cnc2n1C. The molecule has 2 aromatic heterocycles. The number of nitriles is 1. The van der Waals surface area contributed by atoms with Crippen molar-refractivity contribution < 1.29 is 8.42 Å². The fraction of sp³-hybridized carbons (Fsp3) is 0.188. The molecule has 1 aromatic carbocycles. The number of pyridine rings is 1. The predicted molar refractivity (Wildman–Crippen MR) is 86.4 cm³/mol. The highest BCUT2D eigenvalue weighted by molar-refractivity contribution is 7.91. The third-order valence-corrected chi connectivity index (χ3v) is 5.47. The second-order valence-corrected chi connectivity index (χ2v) is 7.32. The van der Waals surface area contributed by atoms with E-state index in [1.165, 1.54) is 6.20 Å². The lowest BCUT2D eigenvalue weighted by Crippen LogP contribution is -2.07. The number of aromatic nitrogens is 3.